The lowest BCUT2D eigenvalue weighted by Gasteiger charge is -1.99. The summed E-state index contributed by atoms with van der Waals surface area (Å²) in [4.78, 5) is 3.92. The van der Waals surface area contributed by atoms with Gasteiger partial charge in [0.2, 0.25) is 0 Å². The number of hydrogen-bond donors (Lipinski definition) is 4. The van der Waals surface area contributed by atoms with Gasteiger partial charge in [-0.25, -0.2) is 4.98 Å². The lowest BCUT2D eigenvalue weighted by molar-refractivity contribution is 1.38. The van der Waals surface area contributed by atoms with Crippen molar-refractivity contribution in [2.45, 2.75) is 0 Å². The maximum absolute atomic E-state index is 8.86. The van der Waals surface area contributed by atoms with Crippen molar-refractivity contribution < 1.29 is 0 Å². The van der Waals surface area contributed by atoms with Gasteiger partial charge < -0.3 is 22.9 Å². The predicted molar refractivity (Wildman–Crippen MR) is 63.2 cm³/mol. The first-order valence-corrected chi connectivity index (χ1v) is 4.48. The van der Waals surface area contributed by atoms with Crippen LogP contribution in [0.5, 0.6) is 0 Å². The predicted octanol–water partition coefficient (Wildman–Crippen LogP) is 0.387. The molecule has 0 atom stereocenters. The van der Waals surface area contributed by atoms with Crippen LogP contribution in [0.25, 0.3) is 11.1 Å². The molecular formula is C10H10N6. The zero-order valence-electron chi connectivity index (χ0n) is 8.36. The molecule has 0 aromatic carbocycles. The molecule has 0 bridgehead atoms. The van der Waals surface area contributed by atoms with Crippen molar-refractivity contribution in [3.05, 3.63) is 17.7 Å². The normalized spacial score (nSPS) is 10.2. The maximum Gasteiger partial charge on any atom is 0.135 e. The van der Waals surface area contributed by atoms with E-state index < -0.39 is 0 Å². The minimum atomic E-state index is 0.170. The summed E-state index contributed by atoms with van der Waals surface area (Å²) in [6.45, 7) is 0. The molecule has 0 spiro atoms. The number of nitrogen functional groups attached to an aromatic ring is 4. The Labute approximate surface area is 91.8 Å². The molecule has 0 saturated heterocycles. The summed E-state index contributed by atoms with van der Waals surface area (Å²) in [6.07, 6.45) is 0. The molecule has 1 aliphatic heterocycles. The van der Waals surface area contributed by atoms with Gasteiger partial charge in [0, 0.05) is 17.3 Å². The van der Waals surface area contributed by atoms with Crippen LogP contribution in [0.4, 0.5) is 23.0 Å². The van der Waals surface area contributed by atoms with Gasteiger partial charge in [-0.15, -0.1) is 0 Å². The van der Waals surface area contributed by atoms with E-state index in [2.05, 4.69) is 4.98 Å². The quantitative estimate of drug-likeness (QED) is 0.499. The number of nitriles is 1. The van der Waals surface area contributed by atoms with Crippen molar-refractivity contribution in [1.29, 1.82) is 5.26 Å². The Morgan fingerprint density at radius 1 is 1.12 bits per heavy atom. The molecule has 80 valence electrons. The van der Waals surface area contributed by atoms with E-state index in [0.29, 0.717) is 22.4 Å². The van der Waals surface area contributed by atoms with Crippen LogP contribution in [-0.2, 0) is 0 Å². The molecule has 0 saturated carbocycles. The molecule has 0 unspecified atom stereocenters. The van der Waals surface area contributed by atoms with Gasteiger partial charge in [0.15, 0.2) is 0 Å². The smallest absolute Gasteiger partial charge is 0.135 e. The van der Waals surface area contributed by atoms with E-state index in [9.17, 15) is 0 Å². The van der Waals surface area contributed by atoms with E-state index in [1.165, 1.54) is 6.07 Å². The highest BCUT2D eigenvalue weighted by Crippen LogP contribution is 2.40. The highest BCUT2D eigenvalue weighted by atomic mass is 14.9. The number of hydrogen-bond acceptors (Lipinski definition) is 6. The zero-order valence-corrected chi connectivity index (χ0v) is 8.36. The van der Waals surface area contributed by atoms with E-state index in [0.717, 1.165) is 0 Å². The highest BCUT2D eigenvalue weighted by Gasteiger charge is 2.19. The summed E-state index contributed by atoms with van der Waals surface area (Å²) in [5.74, 6) is 0.382. The van der Waals surface area contributed by atoms with Crippen molar-refractivity contribution in [3.63, 3.8) is 0 Å². The van der Waals surface area contributed by atoms with E-state index in [1.807, 2.05) is 6.07 Å². The number of fused-ring (bicyclic) bond motifs is 1. The monoisotopic (exact) mass is 214 g/mol. The fraction of sp³-hybridized carbons (Fsp3) is 0. The molecule has 1 aliphatic carbocycles. The van der Waals surface area contributed by atoms with Crippen molar-refractivity contribution >= 4 is 23.0 Å². The molecule has 2 rings (SSSR count). The molecule has 1 heterocycles. The van der Waals surface area contributed by atoms with E-state index in [4.69, 9.17) is 28.2 Å². The van der Waals surface area contributed by atoms with Gasteiger partial charge in [0.25, 0.3) is 0 Å². The van der Waals surface area contributed by atoms with Crippen molar-refractivity contribution in [2.75, 3.05) is 22.9 Å². The first-order chi connectivity index (χ1) is 7.54. The van der Waals surface area contributed by atoms with Gasteiger partial charge in [-0.2, -0.15) is 5.26 Å². The molecule has 2 aliphatic rings. The summed E-state index contributed by atoms with van der Waals surface area (Å²) in [5.41, 5.74) is 25.0. The van der Waals surface area contributed by atoms with E-state index >= 15 is 0 Å². The van der Waals surface area contributed by atoms with Gasteiger partial charge in [-0.3, -0.25) is 0 Å². The second kappa shape index (κ2) is 3.17. The molecule has 0 radical (unpaired) electrons. The summed E-state index contributed by atoms with van der Waals surface area (Å²) in [7, 11) is 0. The van der Waals surface area contributed by atoms with Gasteiger partial charge in [-0.1, -0.05) is 0 Å². The van der Waals surface area contributed by atoms with E-state index in [-0.39, 0.29) is 17.3 Å². The molecule has 6 nitrogen and oxygen atoms in total. The molecule has 0 amide bonds. The third kappa shape index (κ3) is 1.23. The van der Waals surface area contributed by atoms with Crippen LogP contribution in [0, 0.1) is 11.3 Å². The zero-order chi connectivity index (χ0) is 11.9. The maximum atomic E-state index is 8.86. The Balaban J connectivity index is 2.94. The second-order valence-corrected chi connectivity index (χ2v) is 3.39. The number of aromatic nitrogens is 1. The number of rotatable bonds is 0. The van der Waals surface area contributed by atoms with Gasteiger partial charge >= 0.3 is 0 Å². The summed E-state index contributed by atoms with van der Waals surface area (Å²) >= 11 is 0. The first kappa shape index (κ1) is 9.86. The summed E-state index contributed by atoms with van der Waals surface area (Å²) in [5, 5.41) is 8.86. The average Bonchev–Trinajstić information content (AvgIpc) is 2.49. The standard InChI is InChI=1S/C10H10N6/c11-3-4-1-5-6(12)2-7(13)16-10(15)8(5)9(4)14/h1-2H,12,14H2,(H4,13,15,16). The van der Waals surface area contributed by atoms with Crippen molar-refractivity contribution in [3.8, 4) is 17.2 Å². The van der Waals surface area contributed by atoms with Crippen LogP contribution in [0.1, 0.15) is 5.56 Å². The molecule has 0 fully saturated rings. The Kier molecular flexibility index (Phi) is 1.95. The Morgan fingerprint density at radius 2 is 1.81 bits per heavy atom. The van der Waals surface area contributed by atoms with Crippen LogP contribution in [0.2, 0.25) is 0 Å². The minimum absolute atomic E-state index is 0.170. The fourth-order valence-corrected chi connectivity index (χ4v) is 1.63. The third-order valence-corrected chi connectivity index (χ3v) is 2.36. The SMILES string of the molecule is N#Cc1cc2c(N)cc(N)nc(N)c-2c1N. The Hall–Kier alpha value is -2.68. The lowest BCUT2D eigenvalue weighted by Crippen LogP contribution is -1.95. The number of anilines is 4. The van der Waals surface area contributed by atoms with E-state index in [1.54, 1.807) is 6.07 Å². The summed E-state index contributed by atoms with van der Waals surface area (Å²) < 4.78 is 0. The number of nitrogens with two attached hydrogens (primary N) is 4. The molecule has 0 aromatic rings. The molecule has 6 heteroatoms. The van der Waals surface area contributed by atoms with Crippen molar-refractivity contribution in [2.24, 2.45) is 0 Å². The highest BCUT2D eigenvalue weighted by molar-refractivity contribution is 5.96. The minimum Gasteiger partial charge on any atom is -0.398 e. The molecule has 0 aromatic heterocycles. The van der Waals surface area contributed by atoms with Crippen molar-refractivity contribution in [1.82, 2.24) is 4.98 Å². The van der Waals surface area contributed by atoms with Crippen LogP contribution >= 0.6 is 0 Å². The molecule has 16 heavy (non-hydrogen) atoms. The number of nitrogens with zero attached hydrogens (tertiary/aromatic N) is 2. The first-order valence-electron chi connectivity index (χ1n) is 4.48. The average molecular weight is 214 g/mol. The van der Waals surface area contributed by atoms with Gasteiger partial charge in [0.05, 0.1) is 16.8 Å². The van der Waals surface area contributed by atoms with Gasteiger partial charge in [-0.05, 0) is 6.07 Å². The fourth-order valence-electron chi connectivity index (χ4n) is 1.63. The molecule has 8 N–H and O–H groups in total. The largest absolute Gasteiger partial charge is 0.398 e. The second-order valence-electron chi connectivity index (χ2n) is 3.39. The molecular weight excluding hydrogens is 204 g/mol. The van der Waals surface area contributed by atoms with Crippen LogP contribution in [0.15, 0.2) is 12.1 Å². The van der Waals surface area contributed by atoms with Gasteiger partial charge in [0.1, 0.15) is 17.7 Å². The third-order valence-electron chi connectivity index (χ3n) is 2.36. The Bertz CT molecular complexity index is 583. The summed E-state index contributed by atoms with van der Waals surface area (Å²) in [6, 6.07) is 5.04. The Morgan fingerprint density at radius 3 is 2.44 bits per heavy atom. The van der Waals surface area contributed by atoms with Crippen LogP contribution in [-0.4, -0.2) is 4.98 Å². The van der Waals surface area contributed by atoms with Crippen LogP contribution in [0.3, 0.4) is 0 Å². The topological polar surface area (TPSA) is 141 Å². The lowest BCUT2D eigenvalue weighted by atomic mass is 10.1. The van der Waals surface area contributed by atoms with Crippen LogP contribution < -0.4 is 22.9 Å².